The summed E-state index contributed by atoms with van der Waals surface area (Å²) in [5.41, 5.74) is 1.53. The second-order valence-corrected chi connectivity index (χ2v) is 9.90. The molecule has 0 aliphatic carbocycles. The zero-order chi connectivity index (χ0) is 21.8. The Labute approximate surface area is 188 Å². The number of hydrogen-bond acceptors (Lipinski definition) is 7. The van der Waals surface area contributed by atoms with E-state index in [0.29, 0.717) is 18.9 Å². The zero-order valence-electron chi connectivity index (χ0n) is 16.3. The third-order valence-electron chi connectivity index (χ3n) is 4.66. The van der Waals surface area contributed by atoms with E-state index in [9.17, 15) is 13.2 Å². The molecule has 31 heavy (non-hydrogen) atoms. The van der Waals surface area contributed by atoms with Gasteiger partial charge in [0.05, 0.1) is 46.6 Å². The van der Waals surface area contributed by atoms with E-state index in [4.69, 9.17) is 16.3 Å². The summed E-state index contributed by atoms with van der Waals surface area (Å²) in [5.74, 6) is -0.476. The topological polar surface area (TPSA) is 101 Å². The van der Waals surface area contributed by atoms with Gasteiger partial charge in [0, 0.05) is 24.7 Å². The molecule has 1 amide bonds. The molecule has 2 aromatic heterocycles. The number of nitrogens with zero attached hydrogens (tertiary/aromatic N) is 3. The number of nitrogens with one attached hydrogen (secondary N) is 1. The maximum absolute atomic E-state index is 12.9. The highest BCUT2D eigenvalue weighted by Crippen LogP contribution is 2.24. The second kappa shape index (κ2) is 9.41. The highest BCUT2D eigenvalue weighted by Gasteiger charge is 2.27. The van der Waals surface area contributed by atoms with Gasteiger partial charge < -0.3 is 10.1 Å². The smallest absolute Gasteiger partial charge is 0.253 e. The van der Waals surface area contributed by atoms with Crippen LogP contribution >= 0.6 is 22.9 Å². The largest absolute Gasteiger partial charge is 0.379 e. The monoisotopic (exact) mass is 478 g/mol. The van der Waals surface area contributed by atoms with Gasteiger partial charge in [0.15, 0.2) is 0 Å². The van der Waals surface area contributed by atoms with Crippen LogP contribution in [0.2, 0.25) is 5.02 Å². The van der Waals surface area contributed by atoms with Crippen LogP contribution in [0, 0.1) is 0 Å². The fourth-order valence-electron chi connectivity index (χ4n) is 3.04. The van der Waals surface area contributed by atoms with Crippen molar-refractivity contribution in [1.29, 1.82) is 0 Å². The van der Waals surface area contributed by atoms with Crippen molar-refractivity contribution in [3.63, 3.8) is 0 Å². The number of thiazole rings is 1. The minimum absolute atomic E-state index is 0.0232. The summed E-state index contributed by atoms with van der Waals surface area (Å²) in [4.78, 5) is 21.5. The molecule has 0 atom stereocenters. The first-order valence-electron chi connectivity index (χ1n) is 9.46. The minimum atomic E-state index is -3.73. The first kappa shape index (κ1) is 21.8. The molecule has 11 heteroatoms. The molecule has 1 N–H and O–H groups in total. The maximum atomic E-state index is 12.9. The Morgan fingerprint density at radius 2 is 2.03 bits per heavy atom. The average Bonchev–Trinajstić information content (AvgIpc) is 3.28. The molecule has 1 aliphatic rings. The summed E-state index contributed by atoms with van der Waals surface area (Å²) in [6.07, 6.45) is 1.69. The molecule has 1 saturated heterocycles. The Bertz CT molecular complexity index is 1180. The SMILES string of the molecule is O=C(NCc1csc(-c2ccccn2)n1)c1cc(S(=O)(=O)N2CCOCC2)ccc1Cl. The number of pyridine rings is 1. The average molecular weight is 479 g/mol. The Kier molecular flexibility index (Phi) is 6.63. The summed E-state index contributed by atoms with van der Waals surface area (Å²) < 4.78 is 32.3. The predicted molar refractivity (Wildman–Crippen MR) is 118 cm³/mol. The summed E-state index contributed by atoms with van der Waals surface area (Å²) in [6, 6.07) is 9.71. The Morgan fingerprint density at radius 1 is 1.23 bits per heavy atom. The van der Waals surface area contributed by atoms with Gasteiger partial charge in [0.25, 0.3) is 5.91 Å². The molecule has 0 bridgehead atoms. The van der Waals surface area contributed by atoms with Crippen LogP contribution in [-0.4, -0.2) is 54.9 Å². The van der Waals surface area contributed by atoms with Crippen LogP contribution in [0.3, 0.4) is 0 Å². The molecule has 8 nitrogen and oxygen atoms in total. The maximum Gasteiger partial charge on any atom is 0.253 e. The number of morpholine rings is 1. The fourth-order valence-corrected chi connectivity index (χ4v) is 5.47. The third kappa shape index (κ3) is 4.94. The van der Waals surface area contributed by atoms with Gasteiger partial charge in [-0.25, -0.2) is 13.4 Å². The number of aromatic nitrogens is 2. The van der Waals surface area contributed by atoms with Crippen LogP contribution in [0.5, 0.6) is 0 Å². The molecule has 1 aromatic carbocycles. The highest BCUT2D eigenvalue weighted by atomic mass is 35.5. The van der Waals surface area contributed by atoms with E-state index < -0.39 is 15.9 Å². The van der Waals surface area contributed by atoms with E-state index in [1.807, 2.05) is 23.6 Å². The third-order valence-corrected chi connectivity index (χ3v) is 7.79. The summed E-state index contributed by atoms with van der Waals surface area (Å²) in [6.45, 7) is 1.41. The number of sulfonamides is 1. The predicted octanol–water partition coefficient (Wildman–Crippen LogP) is 2.81. The molecular weight excluding hydrogens is 460 g/mol. The normalized spacial score (nSPS) is 15.0. The van der Waals surface area contributed by atoms with Crippen molar-refractivity contribution in [1.82, 2.24) is 19.6 Å². The number of hydrogen-bond donors (Lipinski definition) is 1. The number of rotatable bonds is 6. The summed E-state index contributed by atoms with van der Waals surface area (Å²) in [7, 11) is -3.73. The number of carbonyl (C=O) groups excluding carboxylic acids is 1. The van der Waals surface area contributed by atoms with Gasteiger partial charge in [-0.1, -0.05) is 17.7 Å². The standard InChI is InChI=1S/C20H19ClN4O4S2/c21-17-5-4-15(31(27,28)25-7-9-29-10-8-25)11-16(17)19(26)23-12-14-13-30-20(24-14)18-3-1-2-6-22-18/h1-6,11,13H,7-10,12H2,(H,23,26). The summed E-state index contributed by atoms with van der Waals surface area (Å²) in [5, 5.41) is 5.51. The highest BCUT2D eigenvalue weighted by molar-refractivity contribution is 7.89. The second-order valence-electron chi connectivity index (χ2n) is 6.70. The van der Waals surface area contributed by atoms with Gasteiger partial charge in [0.2, 0.25) is 10.0 Å². The van der Waals surface area contributed by atoms with Crippen LogP contribution < -0.4 is 5.32 Å². The van der Waals surface area contributed by atoms with Crippen molar-refractivity contribution in [3.05, 3.63) is 64.3 Å². The molecule has 0 spiro atoms. The van der Waals surface area contributed by atoms with Gasteiger partial charge in [0.1, 0.15) is 5.01 Å². The molecule has 4 rings (SSSR count). The lowest BCUT2D eigenvalue weighted by Gasteiger charge is -2.26. The Morgan fingerprint density at radius 3 is 2.77 bits per heavy atom. The lowest BCUT2D eigenvalue weighted by atomic mass is 10.2. The quantitative estimate of drug-likeness (QED) is 0.584. The van der Waals surface area contributed by atoms with Crippen LogP contribution in [-0.2, 0) is 21.3 Å². The van der Waals surface area contributed by atoms with E-state index in [1.54, 1.807) is 6.20 Å². The number of halogens is 1. The lowest BCUT2D eigenvalue weighted by Crippen LogP contribution is -2.40. The molecule has 3 heterocycles. The van der Waals surface area contributed by atoms with Crippen molar-refractivity contribution < 1.29 is 17.9 Å². The van der Waals surface area contributed by atoms with Crippen LogP contribution in [0.4, 0.5) is 0 Å². The fraction of sp³-hybridized carbons (Fsp3) is 0.250. The van der Waals surface area contributed by atoms with E-state index in [0.717, 1.165) is 10.7 Å². The van der Waals surface area contributed by atoms with Crippen LogP contribution in [0.15, 0.2) is 52.9 Å². The van der Waals surface area contributed by atoms with E-state index in [-0.39, 0.29) is 35.1 Å². The zero-order valence-corrected chi connectivity index (χ0v) is 18.7. The van der Waals surface area contributed by atoms with Gasteiger partial charge in [-0.3, -0.25) is 9.78 Å². The van der Waals surface area contributed by atoms with Gasteiger partial charge in [-0.05, 0) is 30.3 Å². The summed E-state index contributed by atoms with van der Waals surface area (Å²) >= 11 is 7.61. The molecular formula is C20H19ClN4O4S2. The van der Waals surface area contributed by atoms with Crippen molar-refractivity contribution in [2.75, 3.05) is 26.3 Å². The molecule has 1 fully saturated rings. The van der Waals surface area contributed by atoms with Crippen molar-refractivity contribution >= 4 is 38.9 Å². The van der Waals surface area contributed by atoms with Gasteiger partial charge in [-0.15, -0.1) is 11.3 Å². The van der Waals surface area contributed by atoms with E-state index >= 15 is 0 Å². The number of benzene rings is 1. The van der Waals surface area contributed by atoms with Crippen LogP contribution in [0.1, 0.15) is 16.1 Å². The minimum Gasteiger partial charge on any atom is -0.379 e. The number of carbonyl (C=O) groups is 1. The van der Waals surface area contributed by atoms with Crippen LogP contribution in [0.25, 0.3) is 10.7 Å². The van der Waals surface area contributed by atoms with Gasteiger partial charge in [-0.2, -0.15) is 4.31 Å². The molecule has 3 aromatic rings. The van der Waals surface area contributed by atoms with Crippen molar-refractivity contribution in [3.8, 4) is 10.7 Å². The molecule has 0 radical (unpaired) electrons. The van der Waals surface area contributed by atoms with Crippen molar-refractivity contribution in [2.45, 2.75) is 11.4 Å². The first-order valence-corrected chi connectivity index (χ1v) is 12.2. The van der Waals surface area contributed by atoms with E-state index in [1.165, 1.54) is 33.8 Å². The number of amides is 1. The Hall–Kier alpha value is -2.37. The molecule has 1 aliphatic heterocycles. The van der Waals surface area contributed by atoms with Crippen molar-refractivity contribution in [2.24, 2.45) is 0 Å². The van der Waals surface area contributed by atoms with E-state index in [2.05, 4.69) is 15.3 Å². The number of ether oxygens (including phenoxy) is 1. The van der Waals surface area contributed by atoms with Gasteiger partial charge >= 0.3 is 0 Å². The first-order chi connectivity index (χ1) is 14.9. The Balaban J connectivity index is 1.47. The molecule has 0 saturated carbocycles. The molecule has 162 valence electrons. The molecule has 0 unspecified atom stereocenters. The lowest BCUT2D eigenvalue weighted by molar-refractivity contribution is 0.0730.